The number of rotatable bonds is 1. The van der Waals surface area contributed by atoms with Gasteiger partial charge in [-0.25, -0.2) is 0 Å². The zero-order valence-electron chi connectivity index (χ0n) is 6.91. The lowest BCUT2D eigenvalue weighted by Gasteiger charge is -2.13. The van der Waals surface area contributed by atoms with Gasteiger partial charge in [0.1, 0.15) is 18.3 Å². The average molecular weight is 278 g/mol. The van der Waals surface area contributed by atoms with Crippen molar-refractivity contribution >= 4 is 27.5 Å². The first kappa shape index (κ1) is 9.68. The van der Waals surface area contributed by atoms with Crippen molar-refractivity contribution in [2.24, 2.45) is 0 Å². The van der Waals surface area contributed by atoms with Crippen molar-refractivity contribution in [1.82, 2.24) is 0 Å². The van der Waals surface area contributed by atoms with E-state index in [-0.39, 0.29) is 10.8 Å². The van der Waals surface area contributed by atoms with E-state index in [9.17, 15) is 5.11 Å². The molecule has 0 spiro atoms. The van der Waals surface area contributed by atoms with Gasteiger partial charge in [0, 0.05) is 4.47 Å². The van der Waals surface area contributed by atoms with Crippen LogP contribution in [0.25, 0.3) is 0 Å². The Hall–Kier alpha value is -0.870. The fourth-order valence-electron chi connectivity index (χ4n) is 1.13. The third-order valence-corrected chi connectivity index (χ3v) is 3.09. The average Bonchev–Trinajstić information content (AvgIpc) is 2.67. The molecule has 1 heterocycles. The molecule has 1 aliphatic rings. The van der Waals surface area contributed by atoms with Gasteiger partial charge in [0.05, 0.1) is 10.6 Å². The molecule has 0 aromatic heterocycles. The van der Waals surface area contributed by atoms with Crippen molar-refractivity contribution in [2.45, 2.75) is 6.29 Å². The Morgan fingerprint density at radius 3 is 2.57 bits per heavy atom. The first-order valence-electron chi connectivity index (χ1n) is 3.83. The van der Waals surface area contributed by atoms with Gasteiger partial charge in [0.2, 0.25) is 0 Å². The summed E-state index contributed by atoms with van der Waals surface area (Å²) in [5.41, 5.74) is 0.503. The fraction of sp³-hybridized carbons (Fsp3) is 0.111. The van der Waals surface area contributed by atoms with E-state index in [0.29, 0.717) is 10.0 Å². The van der Waals surface area contributed by atoms with Crippen LogP contribution >= 0.6 is 27.5 Å². The van der Waals surface area contributed by atoms with Gasteiger partial charge in [-0.2, -0.15) is 0 Å². The van der Waals surface area contributed by atoms with E-state index in [0.717, 1.165) is 0 Å². The maximum atomic E-state index is 9.69. The van der Waals surface area contributed by atoms with Gasteiger partial charge >= 0.3 is 0 Å². The Morgan fingerprint density at radius 2 is 1.93 bits per heavy atom. The van der Waals surface area contributed by atoms with E-state index in [1.165, 1.54) is 12.5 Å². The monoisotopic (exact) mass is 276 g/mol. The summed E-state index contributed by atoms with van der Waals surface area (Å²) in [5, 5.41) is 9.94. The highest BCUT2D eigenvalue weighted by atomic mass is 79.9. The molecule has 5 heteroatoms. The van der Waals surface area contributed by atoms with E-state index in [1.807, 2.05) is 0 Å². The second-order valence-electron chi connectivity index (χ2n) is 2.68. The fourth-order valence-corrected chi connectivity index (χ4v) is 1.62. The number of hydrogen-bond acceptors (Lipinski definition) is 3. The topological polar surface area (TPSA) is 38.7 Å². The molecule has 1 aromatic carbocycles. The molecule has 0 fully saturated rings. The normalized spacial score (nSPS) is 15.3. The van der Waals surface area contributed by atoms with Gasteiger partial charge < -0.3 is 14.6 Å². The standard InChI is InChI=1S/C9H6BrClO3/c10-6-2-1-5(8(12)7(6)11)9-13-3-4-14-9/h1-4,9,12H. The van der Waals surface area contributed by atoms with Crippen LogP contribution in [0.15, 0.2) is 29.1 Å². The van der Waals surface area contributed by atoms with Crippen molar-refractivity contribution in [3.05, 3.63) is 39.7 Å². The Bertz CT molecular complexity index is 384. The summed E-state index contributed by atoms with van der Waals surface area (Å²) in [6.45, 7) is 0. The van der Waals surface area contributed by atoms with Gasteiger partial charge in [-0.1, -0.05) is 11.6 Å². The SMILES string of the molecule is Oc1c(C2OC=CO2)ccc(Br)c1Cl. The molecule has 0 atom stereocenters. The van der Waals surface area contributed by atoms with Crippen molar-refractivity contribution in [3.8, 4) is 5.75 Å². The highest BCUT2D eigenvalue weighted by molar-refractivity contribution is 9.10. The largest absolute Gasteiger partial charge is 0.506 e. The van der Waals surface area contributed by atoms with Gasteiger partial charge in [-0.15, -0.1) is 0 Å². The Balaban J connectivity index is 2.39. The summed E-state index contributed by atoms with van der Waals surface area (Å²) in [6.07, 6.45) is 2.22. The molecule has 74 valence electrons. The van der Waals surface area contributed by atoms with Crippen molar-refractivity contribution < 1.29 is 14.6 Å². The summed E-state index contributed by atoms with van der Waals surface area (Å²) < 4.78 is 10.8. The summed E-state index contributed by atoms with van der Waals surface area (Å²) in [6, 6.07) is 3.41. The summed E-state index contributed by atoms with van der Waals surface area (Å²) in [4.78, 5) is 0. The van der Waals surface area contributed by atoms with Gasteiger partial charge in [0.25, 0.3) is 6.29 Å². The molecular weight excluding hydrogens is 271 g/mol. The maximum Gasteiger partial charge on any atom is 0.269 e. The summed E-state index contributed by atoms with van der Waals surface area (Å²) in [7, 11) is 0. The highest BCUT2D eigenvalue weighted by Crippen LogP contribution is 2.39. The molecule has 0 aliphatic carbocycles. The summed E-state index contributed by atoms with van der Waals surface area (Å²) >= 11 is 9.03. The van der Waals surface area contributed by atoms with Crippen LogP contribution in [0.2, 0.25) is 5.02 Å². The smallest absolute Gasteiger partial charge is 0.269 e. The van der Waals surface area contributed by atoms with Crippen molar-refractivity contribution in [3.63, 3.8) is 0 Å². The number of phenolic OH excluding ortho intramolecular Hbond substituents is 1. The van der Waals surface area contributed by atoms with E-state index in [4.69, 9.17) is 21.1 Å². The minimum absolute atomic E-state index is 0.0326. The van der Waals surface area contributed by atoms with E-state index in [2.05, 4.69) is 15.9 Å². The van der Waals surface area contributed by atoms with Crippen LogP contribution in [0, 0.1) is 0 Å². The molecule has 1 aromatic rings. The molecule has 2 rings (SSSR count). The zero-order chi connectivity index (χ0) is 10.1. The van der Waals surface area contributed by atoms with Gasteiger partial charge in [-0.05, 0) is 28.1 Å². The third-order valence-electron chi connectivity index (χ3n) is 1.81. The molecule has 0 saturated carbocycles. The van der Waals surface area contributed by atoms with Crippen molar-refractivity contribution in [2.75, 3.05) is 0 Å². The molecular formula is C9H6BrClO3. The second kappa shape index (κ2) is 3.71. The van der Waals surface area contributed by atoms with Crippen LogP contribution in [0.3, 0.4) is 0 Å². The number of aromatic hydroxyl groups is 1. The lowest BCUT2D eigenvalue weighted by Crippen LogP contribution is -1.98. The first-order chi connectivity index (χ1) is 6.70. The van der Waals surface area contributed by atoms with Crippen LogP contribution in [0.1, 0.15) is 11.9 Å². The second-order valence-corrected chi connectivity index (χ2v) is 3.91. The van der Waals surface area contributed by atoms with E-state index in [1.54, 1.807) is 12.1 Å². The molecule has 14 heavy (non-hydrogen) atoms. The molecule has 0 amide bonds. The van der Waals surface area contributed by atoms with Gasteiger partial charge in [0.15, 0.2) is 0 Å². The molecule has 3 nitrogen and oxygen atoms in total. The van der Waals surface area contributed by atoms with Crippen LogP contribution in [-0.4, -0.2) is 5.11 Å². The summed E-state index contributed by atoms with van der Waals surface area (Å²) in [5.74, 6) is -0.0326. The Labute approximate surface area is 94.0 Å². The minimum atomic E-state index is -0.611. The van der Waals surface area contributed by atoms with Crippen LogP contribution < -0.4 is 0 Å². The predicted molar refractivity (Wildman–Crippen MR) is 54.9 cm³/mol. The number of halogens is 2. The number of ether oxygens (including phenoxy) is 2. The van der Waals surface area contributed by atoms with Crippen LogP contribution in [-0.2, 0) is 9.47 Å². The quantitative estimate of drug-likeness (QED) is 0.856. The van der Waals surface area contributed by atoms with Crippen LogP contribution in [0.4, 0.5) is 0 Å². The van der Waals surface area contributed by atoms with Crippen molar-refractivity contribution in [1.29, 1.82) is 0 Å². The van der Waals surface area contributed by atoms with Gasteiger partial charge in [-0.3, -0.25) is 0 Å². The lowest BCUT2D eigenvalue weighted by atomic mass is 10.2. The minimum Gasteiger partial charge on any atom is -0.506 e. The van der Waals surface area contributed by atoms with Crippen LogP contribution in [0.5, 0.6) is 5.75 Å². The Morgan fingerprint density at radius 1 is 1.29 bits per heavy atom. The third kappa shape index (κ3) is 1.55. The highest BCUT2D eigenvalue weighted by Gasteiger charge is 2.21. The molecule has 0 radical (unpaired) electrons. The molecule has 1 N–H and O–H groups in total. The number of hydrogen-bond donors (Lipinski definition) is 1. The molecule has 0 saturated heterocycles. The predicted octanol–water partition coefficient (Wildman–Crippen LogP) is 3.32. The first-order valence-corrected chi connectivity index (χ1v) is 5.00. The molecule has 0 unspecified atom stereocenters. The zero-order valence-corrected chi connectivity index (χ0v) is 9.25. The van der Waals surface area contributed by atoms with E-state index < -0.39 is 6.29 Å². The number of phenols is 1. The van der Waals surface area contributed by atoms with E-state index >= 15 is 0 Å². The molecule has 1 aliphatic heterocycles. The lowest BCUT2D eigenvalue weighted by molar-refractivity contribution is -0.0260. The number of benzene rings is 1. The Kier molecular flexibility index (Phi) is 2.56. The maximum absolute atomic E-state index is 9.69. The molecule has 0 bridgehead atoms.